The van der Waals surface area contributed by atoms with E-state index in [-0.39, 0.29) is 12.3 Å². The Morgan fingerprint density at radius 1 is 1.22 bits per heavy atom. The van der Waals surface area contributed by atoms with Crippen molar-refractivity contribution >= 4 is 22.8 Å². The van der Waals surface area contributed by atoms with Gasteiger partial charge in [0.2, 0.25) is 5.90 Å². The molecular formula is C22H24N6O3S. The second kappa shape index (κ2) is 9.49. The van der Waals surface area contributed by atoms with Crippen LogP contribution in [0.5, 0.6) is 0 Å². The molecule has 0 radical (unpaired) electrons. The van der Waals surface area contributed by atoms with E-state index in [1.165, 1.54) is 9.36 Å². The molecule has 0 saturated heterocycles. The number of hydrogen-bond donors (Lipinski definition) is 0. The SMILES string of the molecule is CC/C(=N/N=C1CC[S+]([O-])c2ccccc21)OCc1c(C)cccc1-n1nnn(C)c1=O. The maximum Gasteiger partial charge on any atom is 0.368 e. The van der Waals surface area contributed by atoms with Gasteiger partial charge in [0.05, 0.1) is 17.0 Å². The van der Waals surface area contributed by atoms with Crippen LogP contribution in [0, 0.1) is 6.92 Å². The number of hydrogen-bond acceptors (Lipinski definition) is 7. The van der Waals surface area contributed by atoms with Crippen LogP contribution in [-0.4, -0.2) is 41.7 Å². The molecule has 1 aliphatic rings. The van der Waals surface area contributed by atoms with E-state index in [4.69, 9.17) is 4.74 Å². The molecule has 0 saturated carbocycles. The fourth-order valence-corrected chi connectivity index (χ4v) is 4.71. The van der Waals surface area contributed by atoms with Gasteiger partial charge in [-0.15, -0.1) is 5.10 Å². The minimum Gasteiger partial charge on any atom is -0.611 e. The lowest BCUT2D eigenvalue weighted by Gasteiger charge is -2.19. The molecule has 0 spiro atoms. The highest BCUT2D eigenvalue weighted by molar-refractivity contribution is 7.91. The van der Waals surface area contributed by atoms with Gasteiger partial charge in [0, 0.05) is 25.5 Å². The quantitative estimate of drug-likeness (QED) is 0.256. The number of aryl methyl sites for hydroxylation is 2. The minimum atomic E-state index is -1.01. The number of aromatic nitrogens is 4. The van der Waals surface area contributed by atoms with Crippen LogP contribution in [0.3, 0.4) is 0 Å². The Bertz CT molecular complexity index is 1250. The van der Waals surface area contributed by atoms with E-state index in [0.717, 1.165) is 27.3 Å². The van der Waals surface area contributed by atoms with E-state index in [0.29, 0.717) is 30.2 Å². The molecule has 0 N–H and O–H groups in total. The number of rotatable bonds is 5. The number of ether oxygens (including phenoxy) is 1. The van der Waals surface area contributed by atoms with Crippen molar-refractivity contribution in [1.29, 1.82) is 0 Å². The first-order valence-corrected chi connectivity index (χ1v) is 11.6. The Morgan fingerprint density at radius 3 is 2.78 bits per heavy atom. The summed E-state index contributed by atoms with van der Waals surface area (Å²) in [4.78, 5) is 13.1. The number of nitrogens with zero attached hydrogens (tertiary/aromatic N) is 6. The van der Waals surface area contributed by atoms with E-state index in [9.17, 15) is 9.35 Å². The number of tetrazole rings is 1. The van der Waals surface area contributed by atoms with Crippen molar-refractivity contribution in [2.75, 3.05) is 5.75 Å². The lowest BCUT2D eigenvalue weighted by Crippen LogP contribution is -2.23. The zero-order chi connectivity index (χ0) is 22.7. The van der Waals surface area contributed by atoms with Gasteiger partial charge in [0.1, 0.15) is 12.4 Å². The lowest BCUT2D eigenvalue weighted by molar-refractivity contribution is 0.282. The Balaban J connectivity index is 1.58. The summed E-state index contributed by atoms with van der Waals surface area (Å²) >= 11 is -1.01. The molecule has 9 nitrogen and oxygen atoms in total. The highest BCUT2D eigenvalue weighted by Gasteiger charge is 2.26. The molecule has 1 aromatic heterocycles. The Kier molecular flexibility index (Phi) is 6.52. The van der Waals surface area contributed by atoms with Crippen molar-refractivity contribution < 1.29 is 9.29 Å². The van der Waals surface area contributed by atoms with E-state index in [1.54, 1.807) is 7.05 Å². The van der Waals surface area contributed by atoms with Gasteiger partial charge in [0.25, 0.3) is 0 Å². The zero-order valence-electron chi connectivity index (χ0n) is 18.2. The molecule has 0 aliphatic carbocycles. The van der Waals surface area contributed by atoms with Gasteiger partial charge in [0.15, 0.2) is 4.90 Å². The van der Waals surface area contributed by atoms with Crippen molar-refractivity contribution in [3.05, 3.63) is 69.6 Å². The van der Waals surface area contributed by atoms with Crippen LogP contribution in [0.15, 0.2) is 62.4 Å². The molecule has 0 fully saturated rings. The average Bonchev–Trinajstić information content (AvgIpc) is 3.14. The lowest BCUT2D eigenvalue weighted by atomic mass is 10.1. The summed E-state index contributed by atoms with van der Waals surface area (Å²) in [5.41, 5.74) is 3.75. The summed E-state index contributed by atoms with van der Waals surface area (Å²) in [5.74, 6) is 1.01. The van der Waals surface area contributed by atoms with Crippen LogP contribution in [0.25, 0.3) is 5.69 Å². The highest BCUT2D eigenvalue weighted by atomic mass is 32.2. The molecule has 2 aromatic carbocycles. The number of benzene rings is 2. The number of fused-ring (bicyclic) bond motifs is 1. The first-order chi connectivity index (χ1) is 15.5. The summed E-state index contributed by atoms with van der Waals surface area (Å²) in [6, 6.07) is 13.2. The molecule has 3 aromatic rings. The van der Waals surface area contributed by atoms with Gasteiger partial charge < -0.3 is 9.29 Å². The van der Waals surface area contributed by atoms with Crippen LogP contribution in [0.2, 0.25) is 0 Å². The maximum atomic E-state index is 12.3. The van der Waals surface area contributed by atoms with Gasteiger partial charge >= 0.3 is 5.69 Å². The third-order valence-electron chi connectivity index (χ3n) is 5.27. The van der Waals surface area contributed by atoms with Crippen molar-refractivity contribution in [3.63, 3.8) is 0 Å². The normalized spacial score (nSPS) is 17.4. The van der Waals surface area contributed by atoms with Gasteiger partial charge in [-0.05, 0) is 52.3 Å². The van der Waals surface area contributed by atoms with Crippen molar-refractivity contribution in [1.82, 2.24) is 19.8 Å². The molecular weight excluding hydrogens is 428 g/mol. The molecule has 32 heavy (non-hydrogen) atoms. The summed E-state index contributed by atoms with van der Waals surface area (Å²) in [7, 11) is 1.55. The average molecular weight is 453 g/mol. The molecule has 0 bridgehead atoms. The van der Waals surface area contributed by atoms with Crippen LogP contribution in [-0.2, 0) is 29.6 Å². The van der Waals surface area contributed by atoms with Crippen LogP contribution in [0.4, 0.5) is 0 Å². The Labute approximate surface area is 188 Å². The van der Waals surface area contributed by atoms with Crippen LogP contribution in [0.1, 0.15) is 36.5 Å². The van der Waals surface area contributed by atoms with Gasteiger partial charge in [-0.25, -0.2) is 4.79 Å². The van der Waals surface area contributed by atoms with E-state index in [2.05, 4.69) is 20.6 Å². The summed E-state index contributed by atoms with van der Waals surface area (Å²) < 4.78 is 20.7. The highest BCUT2D eigenvalue weighted by Crippen LogP contribution is 2.25. The van der Waals surface area contributed by atoms with Crippen molar-refractivity contribution in [3.8, 4) is 5.69 Å². The summed E-state index contributed by atoms with van der Waals surface area (Å²) in [5, 5.41) is 16.5. The van der Waals surface area contributed by atoms with Crippen molar-refractivity contribution in [2.45, 2.75) is 38.2 Å². The first kappa shape index (κ1) is 22.0. The summed E-state index contributed by atoms with van der Waals surface area (Å²) in [6.45, 7) is 4.10. The largest absolute Gasteiger partial charge is 0.611 e. The van der Waals surface area contributed by atoms with E-state index >= 15 is 0 Å². The second-order valence-corrected chi connectivity index (χ2v) is 8.89. The topological polar surface area (TPSA) is 110 Å². The molecule has 166 valence electrons. The van der Waals surface area contributed by atoms with Crippen LogP contribution >= 0.6 is 0 Å². The first-order valence-electron chi connectivity index (χ1n) is 10.3. The fraction of sp³-hybridized carbons (Fsp3) is 0.318. The smallest absolute Gasteiger partial charge is 0.368 e. The van der Waals surface area contributed by atoms with Gasteiger partial charge in [-0.2, -0.15) is 14.5 Å². The third kappa shape index (κ3) is 4.37. The molecule has 1 unspecified atom stereocenters. The van der Waals surface area contributed by atoms with E-state index in [1.807, 2.05) is 56.3 Å². The fourth-order valence-electron chi connectivity index (χ4n) is 3.45. The van der Waals surface area contributed by atoms with Crippen LogP contribution < -0.4 is 5.69 Å². The predicted molar refractivity (Wildman–Crippen MR) is 123 cm³/mol. The molecule has 1 atom stereocenters. The van der Waals surface area contributed by atoms with Gasteiger partial charge in [-0.3, -0.25) is 0 Å². The summed E-state index contributed by atoms with van der Waals surface area (Å²) in [6.07, 6.45) is 1.15. The molecule has 1 aliphatic heterocycles. The molecule has 2 heterocycles. The predicted octanol–water partition coefficient (Wildman–Crippen LogP) is 2.52. The van der Waals surface area contributed by atoms with E-state index < -0.39 is 11.2 Å². The minimum absolute atomic E-state index is 0.211. The monoisotopic (exact) mass is 452 g/mol. The molecule has 4 rings (SSSR count). The maximum absolute atomic E-state index is 12.3. The van der Waals surface area contributed by atoms with Gasteiger partial charge in [-0.1, -0.05) is 31.2 Å². The Hall–Kier alpha value is -3.24. The molecule has 0 amide bonds. The zero-order valence-corrected chi connectivity index (χ0v) is 19.0. The second-order valence-electron chi connectivity index (χ2n) is 7.35. The Morgan fingerprint density at radius 2 is 2.03 bits per heavy atom. The standard InChI is InChI=1S/C22H24N6O3S/c1-4-21(24-23-18-12-13-32(30)20-11-6-5-9-16(18)20)31-14-17-15(2)8-7-10-19(17)28-22(29)27(3)25-26-28/h5-11H,4,12-14H2,1-3H3/b23-18?,24-21-. The molecule has 10 heteroatoms. The third-order valence-corrected chi connectivity index (χ3v) is 6.69. The van der Waals surface area contributed by atoms with Crippen molar-refractivity contribution in [2.24, 2.45) is 17.3 Å².